The van der Waals surface area contributed by atoms with E-state index in [-0.39, 0.29) is 19.6 Å². The lowest BCUT2D eigenvalue weighted by molar-refractivity contribution is -0.131. The first-order valence-corrected chi connectivity index (χ1v) is 17.8. The zero-order chi connectivity index (χ0) is 38.0. The maximum atomic E-state index is 14.2. The molecular weight excluding hydrogens is 672 g/mol. The maximum Gasteiger partial charge on any atom is 0.408 e. The number of benzene rings is 4. The smallest absolute Gasteiger partial charge is 0.408 e. The van der Waals surface area contributed by atoms with Crippen LogP contribution in [0.4, 0.5) is 4.79 Å². The van der Waals surface area contributed by atoms with Crippen LogP contribution < -0.4 is 26.0 Å². The molecule has 0 fully saturated rings. The number of carbonyl (C=O) groups is 3. The van der Waals surface area contributed by atoms with Crippen molar-refractivity contribution in [2.45, 2.75) is 83.1 Å². The van der Waals surface area contributed by atoms with Gasteiger partial charge >= 0.3 is 6.09 Å². The van der Waals surface area contributed by atoms with E-state index in [1.54, 1.807) is 19.2 Å². The molecule has 1 unspecified atom stereocenters. The molecule has 6 N–H and O–H groups in total. The van der Waals surface area contributed by atoms with Gasteiger partial charge in [-0.15, -0.1) is 0 Å². The molecule has 5 rings (SSSR count). The number of hydrogen-bond acceptors (Lipinski definition) is 8. The fraction of sp³-hybridized carbons (Fsp3) is 0.357. The van der Waals surface area contributed by atoms with E-state index in [0.717, 1.165) is 27.8 Å². The number of amides is 3. The van der Waals surface area contributed by atoms with Crippen LogP contribution in [0.5, 0.6) is 5.75 Å². The predicted molar refractivity (Wildman–Crippen MR) is 202 cm³/mol. The van der Waals surface area contributed by atoms with Crippen LogP contribution in [0.15, 0.2) is 109 Å². The third-order valence-electron chi connectivity index (χ3n) is 9.45. The standard InChI is InChI=1S/C42H50N4O7/c1-42(2,3)38(46-41(51)53-26-29-15-9-6-10-16-29)40(50)44-33(23-27-13-7-5-8-14-27)37(48)36(43-25-28-19-21-31(52-4)22-20-28)39(49)45-35-32-18-12-11-17-30(32)24-34(35)47/h5-22,33-38,43,47-48H,23-26H2,1-4H3,(H,44,50)(H,45,49)(H,46,51)/t33-,34?,35+,36+,37+,38+/m0/s1. The van der Waals surface area contributed by atoms with Gasteiger partial charge in [-0.3, -0.25) is 14.9 Å². The topological polar surface area (TPSA) is 158 Å². The zero-order valence-electron chi connectivity index (χ0n) is 30.6. The third kappa shape index (κ3) is 10.7. The number of hydrogen-bond donors (Lipinski definition) is 6. The van der Waals surface area contributed by atoms with Crippen molar-refractivity contribution in [3.8, 4) is 5.75 Å². The minimum Gasteiger partial charge on any atom is -0.497 e. The monoisotopic (exact) mass is 722 g/mol. The van der Waals surface area contributed by atoms with E-state index in [2.05, 4.69) is 21.3 Å². The first kappa shape index (κ1) is 39.0. The Morgan fingerprint density at radius 3 is 2.06 bits per heavy atom. The molecule has 0 radical (unpaired) electrons. The molecule has 4 aromatic carbocycles. The molecular formula is C42H50N4O7. The van der Waals surface area contributed by atoms with E-state index >= 15 is 0 Å². The summed E-state index contributed by atoms with van der Waals surface area (Å²) >= 11 is 0. The fourth-order valence-corrected chi connectivity index (χ4v) is 6.51. The number of methoxy groups -OCH3 is 1. The Bertz CT molecular complexity index is 1800. The minimum absolute atomic E-state index is 0.0251. The lowest BCUT2D eigenvalue weighted by Crippen LogP contribution is -2.62. The van der Waals surface area contributed by atoms with E-state index in [4.69, 9.17) is 9.47 Å². The Labute approximate surface area is 311 Å². The molecule has 6 atom stereocenters. The number of rotatable bonds is 15. The molecule has 0 heterocycles. The molecule has 0 saturated carbocycles. The Morgan fingerprint density at radius 1 is 0.792 bits per heavy atom. The number of carbonyl (C=O) groups excluding carboxylic acids is 3. The van der Waals surface area contributed by atoms with Gasteiger partial charge in [-0.05, 0) is 51.8 Å². The Kier molecular flexibility index (Phi) is 13.2. The average molecular weight is 723 g/mol. The third-order valence-corrected chi connectivity index (χ3v) is 9.45. The van der Waals surface area contributed by atoms with Gasteiger partial charge in [0.05, 0.1) is 31.4 Å². The lowest BCUT2D eigenvalue weighted by Gasteiger charge is -2.35. The van der Waals surface area contributed by atoms with Crippen LogP contribution in [-0.4, -0.2) is 65.6 Å². The highest BCUT2D eigenvalue weighted by molar-refractivity contribution is 5.87. The summed E-state index contributed by atoms with van der Waals surface area (Å²) in [7, 11) is 1.58. The summed E-state index contributed by atoms with van der Waals surface area (Å²) in [6, 6.07) is 29.4. The number of nitrogens with one attached hydrogen (secondary N) is 4. The van der Waals surface area contributed by atoms with Crippen molar-refractivity contribution in [2.24, 2.45) is 5.41 Å². The van der Waals surface area contributed by atoms with Gasteiger partial charge in [0.15, 0.2) is 0 Å². The van der Waals surface area contributed by atoms with Gasteiger partial charge in [0.2, 0.25) is 11.8 Å². The van der Waals surface area contributed by atoms with Gasteiger partial charge in [-0.1, -0.05) is 118 Å². The van der Waals surface area contributed by atoms with Gasteiger partial charge in [0, 0.05) is 13.0 Å². The van der Waals surface area contributed by atoms with E-state index in [1.807, 2.05) is 118 Å². The van der Waals surface area contributed by atoms with Crippen molar-refractivity contribution in [1.29, 1.82) is 0 Å². The van der Waals surface area contributed by atoms with Gasteiger partial charge < -0.3 is 35.6 Å². The summed E-state index contributed by atoms with van der Waals surface area (Å²) in [6.07, 6.45) is -2.52. The summed E-state index contributed by atoms with van der Waals surface area (Å²) in [4.78, 5) is 41.3. The lowest BCUT2D eigenvalue weighted by atomic mass is 9.85. The van der Waals surface area contributed by atoms with Crippen molar-refractivity contribution in [3.63, 3.8) is 0 Å². The van der Waals surface area contributed by atoms with Crippen LogP contribution in [0.3, 0.4) is 0 Å². The van der Waals surface area contributed by atoms with Crippen molar-refractivity contribution in [2.75, 3.05) is 7.11 Å². The molecule has 280 valence electrons. The summed E-state index contributed by atoms with van der Waals surface area (Å²) in [5.74, 6) is -0.425. The molecule has 11 nitrogen and oxygen atoms in total. The quantitative estimate of drug-likeness (QED) is 0.106. The van der Waals surface area contributed by atoms with Crippen LogP contribution in [0.25, 0.3) is 0 Å². The van der Waals surface area contributed by atoms with Crippen LogP contribution >= 0.6 is 0 Å². The summed E-state index contributed by atoms with van der Waals surface area (Å²) in [5.41, 5.74) is 3.43. The highest BCUT2D eigenvalue weighted by Crippen LogP contribution is 2.31. The van der Waals surface area contributed by atoms with E-state index in [9.17, 15) is 24.6 Å². The highest BCUT2D eigenvalue weighted by Gasteiger charge is 2.40. The molecule has 0 aliphatic heterocycles. The first-order valence-electron chi connectivity index (χ1n) is 17.8. The minimum atomic E-state index is -1.46. The molecule has 1 aliphatic carbocycles. The Hall–Kier alpha value is -5.23. The van der Waals surface area contributed by atoms with Crippen LogP contribution in [-0.2, 0) is 40.3 Å². The van der Waals surface area contributed by atoms with Crippen molar-refractivity contribution in [3.05, 3.63) is 137 Å². The largest absolute Gasteiger partial charge is 0.497 e. The Balaban J connectivity index is 1.40. The molecule has 0 aromatic heterocycles. The van der Waals surface area contributed by atoms with Crippen LogP contribution in [0, 0.1) is 5.41 Å². The van der Waals surface area contributed by atoms with Gasteiger partial charge in [-0.2, -0.15) is 0 Å². The molecule has 53 heavy (non-hydrogen) atoms. The number of fused-ring (bicyclic) bond motifs is 1. The maximum absolute atomic E-state index is 14.2. The van der Waals surface area contributed by atoms with Crippen LogP contribution in [0.1, 0.15) is 54.6 Å². The summed E-state index contributed by atoms with van der Waals surface area (Å²) in [5, 5.41) is 35.0. The first-order chi connectivity index (χ1) is 25.4. The second-order valence-corrected chi connectivity index (χ2v) is 14.5. The van der Waals surface area contributed by atoms with E-state index in [1.165, 1.54) is 0 Å². The van der Waals surface area contributed by atoms with Crippen molar-refractivity contribution >= 4 is 17.9 Å². The Morgan fingerprint density at radius 2 is 1.42 bits per heavy atom. The van der Waals surface area contributed by atoms with Crippen molar-refractivity contribution < 1.29 is 34.1 Å². The summed E-state index contributed by atoms with van der Waals surface area (Å²) < 4.78 is 10.7. The molecule has 4 aromatic rings. The predicted octanol–water partition coefficient (Wildman–Crippen LogP) is 4.36. The van der Waals surface area contributed by atoms with Crippen LogP contribution in [0.2, 0.25) is 0 Å². The average Bonchev–Trinajstić information content (AvgIpc) is 3.47. The van der Waals surface area contributed by atoms with E-state index < -0.39 is 59.7 Å². The number of alkyl carbamates (subject to hydrolysis) is 1. The second-order valence-electron chi connectivity index (χ2n) is 14.5. The zero-order valence-corrected chi connectivity index (χ0v) is 30.6. The van der Waals surface area contributed by atoms with Gasteiger partial charge in [0.1, 0.15) is 24.4 Å². The second kappa shape index (κ2) is 18.0. The summed E-state index contributed by atoms with van der Waals surface area (Å²) in [6.45, 7) is 5.67. The molecule has 1 aliphatic rings. The van der Waals surface area contributed by atoms with E-state index in [0.29, 0.717) is 12.2 Å². The molecule has 0 spiro atoms. The molecule has 11 heteroatoms. The number of ether oxygens (including phenoxy) is 2. The highest BCUT2D eigenvalue weighted by atomic mass is 16.5. The fourth-order valence-electron chi connectivity index (χ4n) is 6.51. The number of aliphatic hydroxyl groups is 2. The SMILES string of the molecule is COc1ccc(CN[C@@H](C(=O)N[C@@H]2c3ccccc3CC2O)[C@H](O)[C@H](Cc2ccccc2)NC(=O)[C@@H](NC(=O)OCc2ccccc2)C(C)(C)C)cc1. The van der Waals surface area contributed by atoms with Gasteiger partial charge in [0.25, 0.3) is 0 Å². The van der Waals surface area contributed by atoms with Crippen molar-refractivity contribution in [1.82, 2.24) is 21.3 Å². The number of aliphatic hydroxyl groups excluding tert-OH is 2. The molecule has 3 amide bonds. The molecule has 0 saturated heterocycles. The molecule has 0 bridgehead atoms. The normalized spacial score (nSPS) is 17.4. The van der Waals surface area contributed by atoms with Gasteiger partial charge in [-0.25, -0.2) is 4.79 Å².